The second-order valence-corrected chi connectivity index (χ2v) is 6.32. The van der Waals surface area contributed by atoms with Gasteiger partial charge in [0.25, 0.3) is 0 Å². The highest BCUT2D eigenvalue weighted by atomic mass is 19.1. The topological polar surface area (TPSA) is 75.4 Å². The molecular weight excluding hydrogens is 335 g/mol. The number of likely N-dealkylation sites (tertiary alicyclic amines) is 1. The molecule has 1 aliphatic heterocycles. The smallest absolute Gasteiger partial charge is 0.222 e. The lowest BCUT2D eigenvalue weighted by Gasteiger charge is -2.16. The van der Waals surface area contributed by atoms with E-state index in [1.165, 1.54) is 10.6 Å². The maximum Gasteiger partial charge on any atom is 0.222 e. The van der Waals surface area contributed by atoms with Crippen LogP contribution in [-0.2, 0) is 4.79 Å². The molecule has 8 heteroatoms. The fourth-order valence-corrected chi connectivity index (χ4v) is 3.21. The van der Waals surface area contributed by atoms with Crippen molar-refractivity contribution in [3.63, 3.8) is 0 Å². The molecule has 26 heavy (non-hydrogen) atoms. The van der Waals surface area contributed by atoms with Crippen molar-refractivity contribution in [2.45, 2.75) is 25.8 Å². The summed E-state index contributed by atoms with van der Waals surface area (Å²) in [7, 11) is 0. The predicted octanol–water partition coefficient (Wildman–Crippen LogP) is 2.35. The summed E-state index contributed by atoms with van der Waals surface area (Å²) < 4.78 is 15.6. The molecule has 134 valence electrons. The Balaban J connectivity index is 1.59. The predicted molar refractivity (Wildman–Crippen MR) is 95.1 cm³/mol. The molecule has 0 aliphatic carbocycles. The summed E-state index contributed by atoms with van der Waals surface area (Å²) in [6.45, 7) is 3.28. The third-order valence-corrected chi connectivity index (χ3v) is 4.57. The minimum Gasteiger partial charge on any atom is -0.364 e. The zero-order valence-electron chi connectivity index (χ0n) is 14.4. The van der Waals surface area contributed by atoms with Crippen molar-refractivity contribution in [2.24, 2.45) is 0 Å². The quantitative estimate of drug-likeness (QED) is 0.778. The molecule has 0 bridgehead atoms. The number of anilines is 1. The fourth-order valence-electron chi connectivity index (χ4n) is 3.21. The van der Waals surface area contributed by atoms with Gasteiger partial charge in [0.2, 0.25) is 5.91 Å². The number of aromatic nitrogens is 4. The van der Waals surface area contributed by atoms with E-state index in [9.17, 15) is 9.18 Å². The number of rotatable bonds is 4. The molecule has 1 aromatic carbocycles. The highest BCUT2D eigenvalue weighted by Crippen LogP contribution is 2.22. The van der Waals surface area contributed by atoms with Gasteiger partial charge in [0, 0.05) is 25.6 Å². The summed E-state index contributed by atoms with van der Waals surface area (Å²) in [5.41, 5.74) is 0.897. The van der Waals surface area contributed by atoms with E-state index in [1.807, 2.05) is 17.9 Å². The van der Waals surface area contributed by atoms with Gasteiger partial charge in [-0.25, -0.2) is 4.39 Å². The maximum absolute atomic E-state index is 14.1. The number of carbonyl (C=O) groups is 1. The summed E-state index contributed by atoms with van der Waals surface area (Å²) in [6, 6.07) is 10.2. The van der Waals surface area contributed by atoms with E-state index >= 15 is 0 Å². The standard InChI is InChI=1S/C18H19FN6O/c1-2-17(26)24-10-9-12(11-24)20-15-7-8-16-21-22-18(25(16)23-15)13-5-3-4-6-14(13)19/h3-8,12H,2,9-11H2,1H3,(H,20,23). The van der Waals surface area contributed by atoms with E-state index in [-0.39, 0.29) is 17.8 Å². The van der Waals surface area contributed by atoms with Crippen LogP contribution < -0.4 is 5.32 Å². The minimum atomic E-state index is -0.369. The lowest BCUT2D eigenvalue weighted by Crippen LogP contribution is -2.31. The first-order chi connectivity index (χ1) is 12.7. The largest absolute Gasteiger partial charge is 0.364 e. The highest BCUT2D eigenvalue weighted by Gasteiger charge is 2.25. The van der Waals surface area contributed by atoms with E-state index in [0.29, 0.717) is 35.8 Å². The molecule has 0 saturated carbocycles. The number of carbonyl (C=O) groups excluding carboxylic acids is 1. The molecule has 1 fully saturated rings. The second kappa shape index (κ2) is 6.70. The van der Waals surface area contributed by atoms with Crippen LogP contribution in [0.15, 0.2) is 36.4 Å². The zero-order chi connectivity index (χ0) is 18.1. The summed E-state index contributed by atoms with van der Waals surface area (Å²) >= 11 is 0. The Morgan fingerprint density at radius 3 is 2.92 bits per heavy atom. The first-order valence-corrected chi connectivity index (χ1v) is 8.67. The molecule has 0 spiro atoms. The van der Waals surface area contributed by atoms with E-state index < -0.39 is 0 Å². The van der Waals surface area contributed by atoms with Crippen molar-refractivity contribution in [1.82, 2.24) is 24.7 Å². The van der Waals surface area contributed by atoms with Crippen molar-refractivity contribution in [3.8, 4) is 11.4 Å². The van der Waals surface area contributed by atoms with E-state index in [4.69, 9.17) is 0 Å². The van der Waals surface area contributed by atoms with Crippen LogP contribution in [0.1, 0.15) is 19.8 Å². The van der Waals surface area contributed by atoms with Crippen molar-refractivity contribution in [2.75, 3.05) is 18.4 Å². The third kappa shape index (κ3) is 2.98. The van der Waals surface area contributed by atoms with Crippen LogP contribution >= 0.6 is 0 Å². The van der Waals surface area contributed by atoms with Gasteiger partial charge in [0.15, 0.2) is 11.5 Å². The van der Waals surface area contributed by atoms with Gasteiger partial charge in [-0.05, 0) is 30.7 Å². The van der Waals surface area contributed by atoms with Crippen LogP contribution in [0.25, 0.3) is 17.0 Å². The monoisotopic (exact) mass is 354 g/mol. The zero-order valence-corrected chi connectivity index (χ0v) is 14.4. The van der Waals surface area contributed by atoms with Crippen molar-refractivity contribution in [3.05, 3.63) is 42.2 Å². The molecule has 1 unspecified atom stereocenters. The number of benzene rings is 1. The normalized spacial score (nSPS) is 17.0. The van der Waals surface area contributed by atoms with Gasteiger partial charge >= 0.3 is 0 Å². The number of amides is 1. The number of nitrogens with zero attached hydrogens (tertiary/aromatic N) is 5. The fraction of sp³-hybridized carbons (Fsp3) is 0.333. The number of fused-ring (bicyclic) bond motifs is 1. The highest BCUT2D eigenvalue weighted by molar-refractivity contribution is 5.76. The molecule has 1 N–H and O–H groups in total. The Kier molecular flexibility index (Phi) is 4.24. The molecule has 1 saturated heterocycles. The SMILES string of the molecule is CCC(=O)N1CCC(Nc2ccc3nnc(-c4ccccc4F)n3n2)C1. The first-order valence-electron chi connectivity index (χ1n) is 8.67. The Hall–Kier alpha value is -3.03. The molecule has 4 rings (SSSR count). The Labute approximate surface area is 149 Å². The van der Waals surface area contributed by atoms with Crippen LogP contribution in [0.5, 0.6) is 0 Å². The van der Waals surface area contributed by atoms with Gasteiger partial charge in [-0.3, -0.25) is 4.79 Å². The Morgan fingerprint density at radius 1 is 1.27 bits per heavy atom. The van der Waals surface area contributed by atoms with E-state index in [1.54, 1.807) is 24.3 Å². The number of hydrogen-bond acceptors (Lipinski definition) is 5. The van der Waals surface area contributed by atoms with Crippen LogP contribution in [0.3, 0.4) is 0 Å². The molecule has 1 aliphatic rings. The molecule has 2 aromatic heterocycles. The average molecular weight is 354 g/mol. The van der Waals surface area contributed by atoms with Crippen LogP contribution in [0.2, 0.25) is 0 Å². The summed E-state index contributed by atoms with van der Waals surface area (Å²) in [6.07, 6.45) is 1.39. The summed E-state index contributed by atoms with van der Waals surface area (Å²) in [5, 5.41) is 16.0. The Bertz CT molecular complexity index is 956. The molecule has 3 aromatic rings. The van der Waals surface area contributed by atoms with Gasteiger partial charge in [-0.2, -0.15) is 4.52 Å². The Morgan fingerprint density at radius 2 is 2.12 bits per heavy atom. The second-order valence-electron chi connectivity index (χ2n) is 6.32. The van der Waals surface area contributed by atoms with E-state index in [2.05, 4.69) is 20.6 Å². The van der Waals surface area contributed by atoms with Gasteiger partial charge in [0.1, 0.15) is 11.6 Å². The van der Waals surface area contributed by atoms with Gasteiger partial charge in [-0.15, -0.1) is 15.3 Å². The molecule has 3 heterocycles. The van der Waals surface area contributed by atoms with E-state index in [0.717, 1.165) is 13.0 Å². The molecule has 0 radical (unpaired) electrons. The molecular formula is C18H19FN6O. The minimum absolute atomic E-state index is 0.142. The van der Waals surface area contributed by atoms with Crippen LogP contribution in [-0.4, -0.2) is 49.7 Å². The number of halogens is 1. The average Bonchev–Trinajstić information content (AvgIpc) is 3.28. The molecule has 1 atom stereocenters. The summed E-state index contributed by atoms with van der Waals surface area (Å²) in [5.74, 6) is 0.798. The van der Waals surface area contributed by atoms with Crippen LogP contribution in [0, 0.1) is 5.82 Å². The lowest BCUT2D eigenvalue weighted by atomic mass is 10.2. The van der Waals surface area contributed by atoms with Gasteiger partial charge in [0.05, 0.1) is 5.56 Å². The van der Waals surface area contributed by atoms with Crippen molar-refractivity contribution < 1.29 is 9.18 Å². The lowest BCUT2D eigenvalue weighted by molar-refractivity contribution is -0.129. The molecule has 7 nitrogen and oxygen atoms in total. The van der Waals surface area contributed by atoms with Gasteiger partial charge in [-0.1, -0.05) is 19.1 Å². The first kappa shape index (κ1) is 16.4. The van der Waals surface area contributed by atoms with Crippen molar-refractivity contribution >= 4 is 17.4 Å². The number of nitrogens with one attached hydrogen (secondary N) is 1. The number of hydrogen-bond donors (Lipinski definition) is 1. The molecule has 1 amide bonds. The van der Waals surface area contributed by atoms with Gasteiger partial charge < -0.3 is 10.2 Å². The van der Waals surface area contributed by atoms with Crippen molar-refractivity contribution in [1.29, 1.82) is 0 Å². The van der Waals surface area contributed by atoms with Crippen LogP contribution in [0.4, 0.5) is 10.2 Å². The maximum atomic E-state index is 14.1. The summed E-state index contributed by atoms with van der Waals surface area (Å²) in [4.78, 5) is 13.7. The third-order valence-electron chi connectivity index (χ3n) is 4.57.